The van der Waals surface area contributed by atoms with E-state index in [1.54, 1.807) is 7.11 Å². The lowest BCUT2D eigenvalue weighted by atomic mass is 9.92. The highest BCUT2D eigenvalue weighted by atomic mass is 16.5. The van der Waals surface area contributed by atoms with E-state index in [0.29, 0.717) is 0 Å². The first-order chi connectivity index (χ1) is 9.40. The molecule has 3 heteroatoms. The summed E-state index contributed by atoms with van der Waals surface area (Å²) in [5, 5.41) is 3.35. The van der Waals surface area contributed by atoms with Crippen molar-refractivity contribution in [1.82, 2.24) is 5.32 Å². The van der Waals surface area contributed by atoms with Gasteiger partial charge < -0.3 is 14.8 Å². The first kappa shape index (κ1) is 14.4. The van der Waals surface area contributed by atoms with E-state index in [4.69, 9.17) is 9.47 Å². The quantitative estimate of drug-likeness (QED) is 0.731. The molecule has 0 fully saturated rings. The lowest BCUT2D eigenvalue weighted by Crippen LogP contribution is -2.23. The topological polar surface area (TPSA) is 30.5 Å². The fraction of sp³-hybridized carbons (Fsp3) is 0.625. The molecule has 1 aliphatic rings. The lowest BCUT2D eigenvalue weighted by Gasteiger charge is -2.16. The van der Waals surface area contributed by atoms with Crippen molar-refractivity contribution in [2.75, 3.05) is 33.4 Å². The number of hydrogen-bond acceptors (Lipinski definition) is 3. The molecule has 0 heterocycles. The Morgan fingerprint density at radius 3 is 2.74 bits per heavy atom. The maximum atomic E-state index is 5.78. The molecule has 0 aromatic heterocycles. The van der Waals surface area contributed by atoms with Gasteiger partial charge in [0.25, 0.3) is 0 Å². The molecule has 0 spiro atoms. The number of ether oxygens (including phenoxy) is 2. The third kappa shape index (κ3) is 4.84. The summed E-state index contributed by atoms with van der Waals surface area (Å²) in [5.74, 6) is 1.01. The molecule has 0 amide bonds. The van der Waals surface area contributed by atoms with Crippen LogP contribution in [0.2, 0.25) is 0 Å². The average molecular weight is 263 g/mol. The van der Waals surface area contributed by atoms with Crippen molar-refractivity contribution < 1.29 is 9.47 Å². The van der Waals surface area contributed by atoms with Gasteiger partial charge in [-0.25, -0.2) is 0 Å². The third-order valence-corrected chi connectivity index (χ3v) is 3.57. The van der Waals surface area contributed by atoms with Gasteiger partial charge in [0.05, 0.1) is 0 Å². The molecule has 1 aromatic rings. The maximum Gasteiger partial charge on any atom is 0.119 e. The number of aryl methyl sites for hydroxylation is 2. The normalized spacial score (nSPS) is 14.2. The minimum atomic E-state index is 0.728. The molecule has 0 bridgehead atoms. The molecule has 106 valence electrons. The first-order valence-corrected chi connectivity index (χ1v) is 7.34. The van der Waals surface area contributed by atoms with Crippen LogP contribution in [0.3, 0.4) is 0 Å². The fourth-order valence-corrected chi connectivity index (χ4v) is 2.51. The highest BCUT2D eigenvalue weighted by molar-refractivity contribution is 5.37. The summed E-state index contributed by atoms with van der Waals surface area (Å²) in [6.45, 7) is 3.42. The van der Waals surface area contributed by atoms with Crippen LogP contribution in [0.1, 0.15) is 30.4 Å². The van der Waals surface area contributed by atoms with Crippen molar-refractivity contribution in [1.29, 1.82) is 0 Å². The van der Waals surface area contributed by atoms with E-state index in [1.165, 1.54) is 36.8 Å². The van der Waals surface area contributed by atoms with Crippen molar-refractivity contribution in [3.8, 4) is 5.75 Å². The summed E-state index contributed by atoms with van der Waals surface area (Å²) in [7, 11) is 1.74. The predicted octanol–water partition coefficient (Wildman–Crippen LogP) is 2.57. The van der Waals surface area contributed by atoms with Gasteiger partial charge in [-0.2, -0.15) is 0 Å². The van der Waals surface area contributed by atoms with Gasteiger partial charge in [-0.3, -0.25) is 0 Å². The molecule has 0 saturated heterocycles. The zero-order valence-corrected chi connectivity index (χ0v) is 11.9. The van der Waals surface area contributed by atoms with Gasteiger partial charge in [-0.05, 0) is 61.9 Å². The molecular formula is C16H25NO2. The lowest BCUT2D eigenvalue weighted by molar-refractivity contribution is 0.193. The third-order valence-electron chi connectivity index (χ3n) is 3.57. The van der Waals surface area contributed by atoms with E-state index < -0.39 is 0 Å². The largest absolute Gasteiger partial charge is 0.492 e. The van der Waals surface area contributed by atoms with E-state index in [-0.39, 0.29) is 0 Å². The SMILES string of the molecule is COCCCNCCOc1ccc2c(c1)CCCC2. The van der Waals surface area contributed by atoms with E-state index in [0.717, 1.165) is 38.5 Å². The number of methoxy groups -OCH3 is 1. The first-order valence-electron chi connectivity index (χ1n) is 7.34. The molecule has 1 N–H and O–H groups in total. The van der Waals surface area contributed by atoms with Crippen LogP contribution in [0.25, 0.3) is 0 Å². The van der Waals surface area contributed by atoms with Gasteiger partial charge in [0.1, 0.15) is 12.4 Å². The Hall–Kier alpha value is -1.06. The van der Waals surface area contributed by atoms with Crippen molar-refractivity contribution in [2.24, 2.45) is 0 Å². The zero-order valence-electron chi connectivity index (χ0n) is 11.9. The Kier molecular flexibility index (Phi) is 6.18. The molecule has 3 nitrogen and oxygen atoms in total. The molecule has 0 unspecified atom stereocenters. The Morgan fingerprint density at radius 1 is 1.05 bits per heavy atom. The van der Waals surface area contributed by atoms with Gasteiger partial charge in [0, 0.05) is 20.3 Å². The Bertz CT molecular complexity index is 379. The molecule has 0 saturated carbocycles. The second-order valence-corrected chi connectivity index (χ2v) is 5.08. The minimum absolute atomic E-state index is 0.728. The minimum Gasteiger partial charge on any atom is -0.492 e. The van der Waals surface area contributed by atoms with E-state index in [2.05, 4.69) is 23.5 Å². The highest BCUT2D eigenvalue weighted by Gasteiger charge is 2.09. The van der Waals surface area contributed by atoms with E-state index in [1.807, 2.05) is 0 Å². The molecule has 1 aliphatic carbocycles. The van der Waals surface area contributed by atoms with Gasteiger partial charge in [0.15, 0.2) is 0 Å². The van der Waals surface area contributed by atoms with Crippen LogP contribution < -0.4 is 10.1 Å². The van der Waals surface area contributed by atoms with Gasteiger partial charge in [0.2, 0.25) is 0 Å². The maximum absolute atomic E-state index is 5.78. The van der Waals surface area contributed by atoms with Crippen LogP contribution in [-0.2, 0) is 17.6 Å². The van der Waals surface area contributed by atoms with E-state index >= 15 is 0 Å². The molecule has 0 radical (unpaired) electrons. The summed E-state index contributed by atoms with van der Waals surface area (Å²) >= 11 is 0. The van der Waals surface area contributed by atoms with Gasteiger partial charge in [-0.1, -0.05) is 6.07 Å². The smallest absolute Gasteiger partial charge is 0.119 e. The van der Waals surface area contributed by atoms with Crippen molar-refractivity contribution in [2.45, 2.75) is 32.1 Å². The standard InChI is InChI=1S/C16H25NO2/c1-18-11-4-9-17-10-12-19-16-8-7-14-5-2-3-6-15(14)13-16/h7-8,13,17H,2-6,9-12H2,1H3. The summed E-state index contributed by atoms with van der Waals surface area (Å²) in [4.78, 5) is 0. The van der Waals surface area contributed by atoms with Gasteiger partial charge in [-0.15, -0.1) is 0 Å². The zero-order chi connectivity index (χ0) is 13.3. The summed E-state index contributed by atoms with van der Waals surface area (Å²) in [5.41, 5.74) is 2.99. The predicted molar refractivity (Wildman–Crippen MR) is 77.9 cm³/mol. The van der Waals surface area contributed by atoms with Crippen LogP contribution in [0.5, 0.6) is 5.75 Å². The monoisotopic (exact) mass is 263 g/mol. The van der Waals surface area contributed by atoms with Crippen LogP contribution >= 0.6 is 0 Å². The molecule has 0 atom stereocenters. The Morgan fingerprint density at radius 2 is 1.89 bits per heavy atom. The van der Waals surface area contributed by atoms with Crippen LogP contribution in [0.15, 0.2) is 18.2 Å². The fourth-order valence-electron chi connectivity index (χ4n) is 2.51. The van der Waals surface area contributed by atoms with Crippen molar-refractivity contribution in [3.05, 3.63) is 29.3 Å². The van der Waals surface area contributed by atoms with Crippen molar-refractivity contribution >= 4 is 0 Å². The van der Waals surface area contributed by atoms with Crippen molar-refractivity contribution in [3.63, 3.8) is 0 Å². The number of benzene rings is 1. The van der Waals surface area contributed by atoms with Gasteiger partial charge >= 0.3 is 0 Å². The molecule has 2 rings (SSSR count). The second kappa shape index (κ2) is 8.18. The summed E-state index contributed by atoms with van der Waals surface area (Å²) in [6.07, 6.45) is 6.14. The van der Waals surface area contributed by atoms with Crippen LogP contribution in [-0.4, -0.2) is 33.4 Å². The number of nitrogens with one attached hydrogen (secondary N) is 1. The molecule has 0 aliphatic heterocycles. The number of fused-ring (bicyclic) bond motifs is 1. The van der Waals surface area contributed by atoms with Crippen LogP contribution in [0, 0.1) is 0 Å². The second-order valence-electron chi connectivity index (χ2n) is 5.08. The number of hydrogen-bond donors (Lipinski definition) is 1. The van der Waals surface area contributed by atoms with E-state index in [9.17, 15) is 0 Å². The average Bonchev–Trinajstić information content (AvgIpc) is 2.46. The summed E-state index contributed by atoms with van der Waals surface area (Å²) in [6, 6.07) is 6.56. The Balaban J connectivity index is 1.66. The number of rotatable bonds is 8. The molecule has 19 heavy (non-hydrogen) atoms. The van der Waals surface area contributed by atoms with Crippen LogP contribution in [0.4, 0.5) is 0 Å². The molecule has 1 aromatic carbocycles. The Labute approximate surface area is 116 Å². The summed E-state index contributed by atoms with van der Waals surface area (Å²) < 4.78 is 10.8. The molecular weight excluding hydrogens is 238 g/mol. The highest BCUT2D eigenvalue weighted by Crippen LogP contribution is 2.25.